The fraction of sp³-hybridized carbons (Fsp3) is 0.471. The molecule has 116 valence electrons. The minimum absolute atomic E-state index is 0.145. The van der Waals surface area contributed by atoms with Crippen molar-refractivity contribution in [2.75, 3.05) is 6.61 Å². The average Bonchev–Trinajstić information content (AvgIpc) is 2.40. The second-order valence-electron chi connectivity index (χ2n) is 5.96. The maximum Gasteiger partial charge on any atom is 0.333 e. The van der Waals surface area contributed by atoms with E-state index in [2.05, 4.69) is 6.58 Å². The van der Waals surface area contributed by atoms with E-state index in [9.17, 15) is 15.0 Å². The molecule has 0 spiro atoms. The smallest absolute Gasteiger partial charge is 0.333 e. The number of unbranched alkanes of at least 4 members (excludes halogenated alkanes) is 1. The second-order valence-corrected chi connectivity index (χ2v) is 5.96. The molecule has 0 aromatic heterocycles. The Kier molecular flexibility index (Phi) is 5.82. The third-order valence-electron chi connectivity index (χ3n) is 3.49. The fourth-order valence-electron chi connectivity index (χ4n) is 2.16. The summed E-state index contributed by atoms with van der Waals surface area (Å²) in [5.41, 5.74) is 0.864. The van der Waals surface area contributed by atoms with Crippen molar-refractivity contribution in [3.8, 4) is 11.5 Å². The van der Waals surface area contributed by atoms with Crippen molar-refractivity contribution in [3.63, 3.8) is 0 Å². The lowest BCUT2D eigenvalue weighted by Gasteiger charge is -2.26. The minimum atomic E-state index is -0.361. The molecule has 4 heteroatoms. The predicted molar refractivity (Wildman–Crippen MR) is 82.4 cm³/mol. The second kappa shape index (κ2) is 7.16. The van der Waals surface area contributed by atoms with Crippen molar-refractivity contribution in [2.24, 2.45) is 0 Å². The van der Waals surface area contributed by atoms with Crippen LogP contribution in [0.3, 0.4) is 0 Å². The molecule has 0 atom stereocenters. The molecule has 0 aliphatic heterocycles. The van der Waals surface area contributed by atoms with E-state index in [0.29, 0.717) is 12.2 Å². The predicted octanol–water partition coefficient (Wildman–Crippen LogP) is 3.67. The van der Waals surface area contributed by atoms with Crippen LogP contribution in [0.2, 0.25) is 0 Å². The van der Waals surface area contributed by atoms with Crippen LogP contribution in [0.25, 0.3) is 0 Å². The third-order valence-corrected chi connectivity index (χ3v) is 3.49. The van der Waals surface area contributed by atoms with Crippen LogP contribution in [0.15, 0.2) is 30.4 Å². The van der Waals surface area contributed by atoms with Crippen molar-refractivity contribution in [3.05, 3.63) is 35.9 Å². The Morgan fingerprint density at radius 2 is 1.95 bits per heavy atom. The van der Waals surface area contributed by atoms with Gasteiger partial charge in [-0.3, -0.25) is 0 Å². The Bertz CT molecular complexity index is 518. The zero-order valence-corrected chi connectivity index (χ0v) is 13.0. The number of ether oxygens (including phenoxy) is 1. The lowest BCUT2D eigenvalue weighted by molar-refractivity contribution is -0.139. The summed E-state index contributed by atoms with van der Waals surface area (Å²) in [7, 11) is 0. The molecule has 0 amide bonds. The van der Waals surface area contributed by atoms with Gasteiger partial charge in [-0.15, -0.1) is 0 Å². The molecule has 0 unspecified atom stereocenters. The number of phenols is 2. The van der Waals surface area contributed by atoms with Gasteiger partial charge in [-0.05, 0) is 49.8 Å². The zero-order chi connectivity index (χ0) is 16.0. The molecule has 0 saturated carbocycles. The van der Waals surface area contributed by atoms with E-state index in [4.69, 9.17) is 4.74 Å². The van der Waals surface area contributed by atoms with Crippen molar-refractivity contribution in [1.82, 2.24) is 0 Å². The van der Waals surface area contributed by atoms with Gasteiger partial charge in [0.15, 0.2) is 0 Å². The van der Waals surface area contributed by atoms with Crippen LogP contribution < -0.4 is 0 Å². The van der Waals surface area contributed by atoms with E-state index in [1.54, 1.807) is 13.0 Å². The summed E-state index contributed by atoms with van der Waals surface area (Å²) < 4.78 is 5.04. The Labute approximate surface area is 126 Å². The SMILES string of the molecule is C=C(C)C(=O)OCCCCC(C)(C)c1cc(O)ccc1O. The van der Waals surface area contributed by atoms with E-state index >= 15 is 0 Å². The number of rotatable bonds is 7. The summed E-state index contributed by atoms with van der Waals surface area (Å²) in [5.74, 6) is -0.0299. The number of carbonyl (C=O) groups excluding carboxylic acids is 1. The van der Waals surface area contributed by atoms with Gasteiger partial charge in [-0.2, -0.15) is 0 Å². The molecular weight excluding hydrogens is 268 g/mol. The Morgan fingerprint density at radius 1 is 1.29 bits per heavy atom. The van der Waals surface area contributed by atoms with Gasteiger partial charge in [0.1, 0.15) is 11.5 Å². The van der Waals surface area contributed by atoms with Crippen LogP contribution in [0.1, 0.15) is 45.6 Å². The molecule has 2 N–H and O–H groups in total. The highest BCUT2D eigenvalue weighted by Crippen LogP contribution is 2.36. The van der Waals surface area contributed by atoms with Crippen LogP contribution in [0, 0.1) is 0 Å². The molecule has 1 aromatic carbocycles. The van der Waals surface area contributed by atoms with Gasteiger partial charge in [-0.1, -0.05) is 20.4 Å². The molecular formula is C17H24O4. The van der Waals surface area contributed by atoms with E-state index in [1.807, 2.05) is 13.8 Å². The monoisotopic (exact) mass is 292 g/mol. The number of hydrogen-bond acceptors (Lipinski definition) is 4. The Balaban J connectivity index is 2.48. The van der Waals surface area contributed by atoms with Gasteiger partial charge in [0.25, 0.3) is 0 Å². The van der Waals surface area contributed by atoms with Crippen molar-refractivity contribution >= 4 is 5.97 Å². The average molecular weight is 292 g/mol. The van der Waals surface area contributed by atoms with Crippen LogP contribution in [0.4, 0.5) is 0 Å². The van der Waals surface area contributed by atoms with E-state index < -0.39 is 0 Å². The van der Waals surface area contributed by atoms with Crippen molar-refractivity contribution < 1.29 is 19.7 Å². The number of aromatic hydroxyl groups is 2. The Morgan fingerprint density at radius 3 is 2.57 bits per heavy atom. The number of esters is 1. The molecule has 0 radical (unpaired) electrons. The van der Waals surface area contributed by atoms with Gasteiger partial charge >= 0.3 is 5.97 Å². The summed E-state index contributed by atoms with van der Waals surface area (Å²) in [6.07, 6.45) is 2.42. The first-order valence-electron chi connectivity index (χ1n) is 7.09. The number of phenolic OH excluding ortho intramolecular Hbond substituents is 2. The zero-order valence-electron chi connectivity index (χ0n) is 13.0. The molecule has 0 aliphatic rings. The van der Waals surface area contributed by atoms with Gasteiger partial charge in [0.05, 0.1) is 6.61 Å². The maximum atomic E-state index is 11.2. The third kappa shape index (κ3) is 5.14. The number of carbonyl (C=O) groups is 1. The molecule has 0 bridgehead atoms. The molecule has 21 heavy (non-hydrogen) atoms. The Hall–Kier alpha value is -1.97. The van der Waals surface area contributed by atoms with Crippen LogP contribution in [0.5, 0.6) is 11.5 Å². The summed E-state index contributed by atoms with van der Waals surface area (Å²) in [6.45, 7) is 9.55. The van der Waals surface area contributed by atoms with Crippen LogP contribution >= 0.6 is 0 Å². The first kappa shape index (κ1) is 17.1. The van der Waals surface area contributed by atoms with Gasteiger partial charge < -0.3 is 14.9 Å². The highest BCUT2D eigenvalue weighted by Gasteiger charge is 2.23. The largest absolute Gasteiger partial charge is 0.508 e. The van der Waals surface area contributed by atoms with Crippen LogP contribution in [-0.4, -0.2) is 22.8 Å². The lowest BCUT2D eigenvalue weighted by atomic mass is 9.79. The summed E-state index contributed by atoms with van der Waals surface area (Å²) in [5, 5.41) is 19.5. The molecule has 0 heterocycles. The van der Waals surface area contributed by atoms with Crippen LogP contribution in [-0.2, 0) is 14.9 Å². The number of hydrogen-bond donors (Lipinski definition) is 2. The summed E-state index contributed by atoms with van der Waals surface area (Å²) in [6, 6.07) is 4.56. The lowest BCUT2D eigenvalue weighted by Crippen LogP contribution is -2.17. The normalized spacial score (nSPS) is 11.2. The highest BCUT2D eigenvalue weighted by molar-refractivity contribution is 5.86. The fourth-order valence-corrected chi connectivity index (χ4v) is 2.16. The molecule has 0 saturated heterocycles. The molecule has 4 nitrogen and oxygen atoms in total. The molecule has 1 rings (SSSR count). The van der Waals surface area contributed by atoms with Gasteiger partial charge in [-0.25, -0.2) is 4.79 Å². The van der Waals surface area contributed by atoms with E-state index in [1.165, 1.54) is 12.1 Å². The number of benzene rings is 1. The van der Waals surface area contributed by atoms with E-state index in [0.717, 1.165) is 24.8 Å². The highest BCUT2D eigenvalue weighted by atomic mass is 16.5. The maximum absolute atomic E-state index is 11.2. The minimum Gasteiger partial charge on any atom is -0.508 e. The van der Waals surface area contributed by atoms with Gasteiger partial charge in [0, 0.05) is 11.1 Å². The standard InChI is InChI=1S/C17H24O4/c1-12(2)16(20)21-10-6-5-9-17(3,4)14-11-13(18)7-8-15(14)19/h7-8,11,18-19H,1,5-6,9-10H2,2-4H3. The van der Waals surface area contributed by atoms with E-state index in [-0.39, 0.29) is 22.9 Å². The topological polar surface area (TPSA) is 66.8 Å². The first-order chi connectivity index (χ1) is 9.74. The molecule has 0 aliphatic carbocycles. The molecule has 1 aromatic rings. The quantitative estimate of drug-likeness (QED) is 0.348. The van der Waals surface area contributed by atoms with Crippen molar-refractivity contribution in [1.29, 1.82) is 0 Å². The first-order valence-corrected chi connectivity index (χ1v) is 7.09. The summed E-state index contributed by atoms with van der Waals surface area (Å²) >= 11 is 0. The van der Waals surface area contributed by atoms with Gasteiger partial charge in [0.2, 0.25) is 0 Å². The summed E-state index contributed by atoms with van der Waals surface area (Å²) in [4.78, 5) is 11.2. The van der Waals surface area contributed by atoms with Crippen molar-refractivity contribution in [2.45, 2.75) is 45.4 Å². The molecule has 0 fully saturated rings.